The predicted octanol–water partition coefficient (Wildman–Crippen LogP) is 2.05. The van der Waals surface area contributed by atoms with Crippen LogP contribution in [-0.4, -0.2) is 40.1 Å². The van der Waals surface area contributed by atoms with E-state index >= 15 is 0 Å². The second-order valence-corrected chi connectivity index (χ2v) is 5.57. The van der Waals surface area contributed by atoms with Crippen molar-refractivity contribution in [3.05, 3.63) is 41.9 Å². The third-order valence-electron chi connectivity index (χ3n) is 3.83. The number of carbonyl (C=O) groups is 1. The summed E-state index contributed by atoms with van der Waals surface area (Å²) in [5.41, 5.74) is 0.848. The number of amides is 2. The van der Waals surface area contributed by atoms with Crippen LogP contribution in [0.25, 0.3) is 0 Å². The molecule has 1 fully saturated rings. The van der Waals surface area contributed by atoms with Crippen LogP contribution >= 0.6 is 0 Å². The molecule has 23 heavy (non-hydrogen) atoms. The van der Waals surface area contributed by atoms with Crippen LogP contribution in [-0.2, 0) is 6.54 Å². The van der Waals surface area contributed by atoms with Crippen LogP contribution in [0.5, 0.6) is 5.75 Å². The molecule has 1 aliphatic rings. The van der Waals surface area contributed by atoms with Gasteiger partial charge in [-0.2, -0.15) is 0 Å². The van der Waals surface area contributed by atoms with E-state index in [0.29, 0.717) is 19.0 Å². The number of aromatic nitrogens is 2. The third kappa shape index (κ3) is 3.80. The molecule has 0 unspecified atom stereocenters. The van der Waals surface area contributed by atoms with Crippen LogP contribution in [0, 0.1) is 13.8 Å². The SMILES string of the molecule is Cc1nc(CNC(=O)N2CC[C@H](Oc3cccnc3)C2)oc1C. The zero-order valence-electron chi connectivity index (χ0n) is 13.3. The normalized spacial score (nSPS) is 17.3. The number of nitrogens with one attached hydrogen (secondary N) is 1. The van der Waals surface area contributed by atoms with Crippen molar-refractivity contribution in [3.8, 4) is 5.75 Å². The second kappa shape index (κ2) is 6.68. The molecular formula is C16H20N4O3. The van der Waals surface area contributed by atoms with Gasteiger partial charge in [-0.15, -0.1) is 0 Å². The lowest BCUT2D eigenvalue weighted by molar-refractivity contribution is 0.185. The van der Waals surface area contributed by atoms with E-state index in [1.807, 2.05) is 26.0 Å². The average molecular weight is 316 g/mol. The molecule has 1 aliphatic heterocycles. The minimum atomic E-state index is -0.129. The minimum absolute atomic E-state index is 0.00354. The monoisotopic (exact) mass is 316 g/mol. The van der Waals surface area contributed by atoms with E-state index in [0.717, 1.165) is 23.6 Å². The van der Waals surface area contributed by atoms with E-state index < -0.39 is 0 Å². The van der Waals surface area contributed by atoms with E-state index in [2.05, 4.69) is 15.3 Å². The van der Waals surface area contributed by atoms with Crippen molar-refractivity contribution in [1.29, 1.82) is 0 Å². The molecule has 1 saturated heterocycles. The Hall–Kier alpha value is -2.57. The summed E-state index contributed by atoms with van der Waals surface area (Å²) in [4.78, 5) is 22.2. The molecular weight excluding hydrogens is 296 g/mol. The van der Waals surface area contributed by atoms with Crippen molar-refractivity contribution in [2.45, 2.75) is 32.9 Å². The van der Waals surface area contributed by atoms with Gasteiger partial charge in [-0.3, -0.25) is 4.98 Å². The van der Waals surface area contributed by atoms with Crippen molar-refractivity contribution in [2.24, 2.45) is 0 Å². The van der Waals surface area contributed by atoms with Crippen molar-refractivity contribution >= 4 is 6.03 Å². The molecule has 2 aromatic rings. The standard InChI is InChI=1S/C16H20N4O3/c1-11-12(2)22-15(19-11)9-18-16(21)20-7-5-14(10-20)23-13-4-3-6-17-8-13/h3-4,6,8,14H,5,7,9-10H2,1-2H3,(H,18,21)/t14-/m0/s1. The van der Waals surface area contributed by atoms with Crippen molar-refractivity contribution < 1.29 is 13.9 Å². The Balaban J connectivity index is 1.47. The lowest BCUT2D eigenvalue weighted by Crippen LogP contribution is -2.39. The van der Waals surface area contributed by atoms with E-state index in [9.17, 15) is 4.79 Å². The van der Waals surface area contributed by atoms with Crippen LogP contribution in [0.1, 0.15) is 23.8 Å². The number of aryl methyl sites for hydroxylation is 2. The fourth-order valence-corrected chi connectivity index (χ4v) is 2.50. The highest BCUT2D eigenvalue weighted by atomic mass is 16.5. The maximum absolute atomic E-state index is 12.2. The highest BCUT2D eigenvalue weighted by Gasteiger charge is 2.27. The van der Waals surface area contributed by atoms with Gasteiger partial charge in [0.2, 0.25) is 5.89 Å². The summed E-state index contributed by atoms with van der Waals surface area (Å²) < 4.78 is 11.3. The summed E-state index contributed by atoms with van der Waals surface area (Å²) in [5, 5.41) is 2.83. The van der Waals surface area contributed by atoms with Crippen LogP contribution in [0.3, 0.4) is 0 Å². The number of likely N-dealkylation sites (tertiary alicyclic amines) is 1. The average Bonchev–Trinajstić information content (AvgIpc) is 3.13. The molecule has 0 saturated carbocycles. The fraction of sp³-hybridized carbons (Fsp3) is 0.438. The predicted molar refractivity (Wildman–Crippen MR) is 83.1 cm³/mol. The van der Waals surface area contributed by atoms with Gasteiger partial charge < -0.3 is 19.4 Å². The van der Waals surface area contributed by atoms with Crippen LogP contribution < -0.4 is 10.1 Å². The number of hydrogen-bond acceptors (Lipinski definition) is 5. The molecule has 0 spiro atoms. The first-order chi connectivity index (χ1) is 11.1. The number of pyridine rings is 1. The van der Waals surface area contributed by atoms with Gasteiger partial charge in [0.05, 0.1) is 25.0 Å². The maximum atomic E-state index is 12.2. The number of nitrogens with zero attached hydrogens (tertiary/aromatic N) is 3. The zero-order chi connectivity index (χ0) is 16.2. The minimum Gasteiger partial charge on any atom is -0.487 e. The molecule has 7 heteroatoms. The molecule has 3 rings (SSSR count). The Morgan fingerprint density at radius 1 is 1.52 bits per heavy atom. The molecule has 0 aromatic carbocycles. The Kier molecular flexibility index (Phi) is 4.45. The van der Waals surface area contributed by atoms with Gasteiger partial charge in [-0.05, 0) is 26.0 Å². The molecule has 2 aromatic heterocycles. The molecule has 122 valence electrons. The summed E-state index contributed by atoms with van der Waals surface area (Å²) in [7, 11) is 0. The van der Waals surface area contributed by atoms with E-state index in [4.69, 9.17) is 9.15 Å². The first-order valence-electron chi connectivity index (χ1n) is 7.64. The van der Waals surface area contributed by atoms with Gasteiger partial charge in [0.1, 0.15) is 17.6 Å². The summed E-state index contributed by atoms with van der Waals surface area (Å²) in [6.45, 7) is 5.25. The number of urea groups is 1. The fourth-order valence-electron chi connectivity index (χ4n) is 2.50. The number of ether oxygens (including phenoxy) is 1. The Morgan fingerprint density at radius 3 is 3.09 bits per heavy atom. The van der Waals surface area contributed by atoms with Crippen LogP contribution in [0.2, 0.25) is 0 Å². The van der Waals surface area contributed by atoms with Crippen LogP contribution in [0.4, 0.5) is 4.79 Å². The van der Waals surface area contributed by atoms with Crippen LogP contribution in [0.15, 0.2) is 28.9 Å². The molecule has 0 bridgehead atoms. The number of hydrogen-bond donors (Lipinski definition) is 1. The van der Waals surface area contributed by atoms with Gasteiger partial charge in [-0.1, -0.05) is 0 Å². The molecule has 1 N–H and O–H groups in total. The van der Waals surface area contributed by atoms with Crippen molar-refractivity contribution in [2.75, 3.05) is 13.1 Å². The zero-order valence-corrected chi connectivity index (χ0v) is 13.3. The van der Waals surface area contributed by atoms with Crippen molar-refractivity contribution in [1.82, 2.24) is 20.2 Å². The molecule has 7 nitrogen and oxygen atoms in total. The molecule has 2 amide bonds. The van der Waals surface area contributed by atoms with Gasteiger partial charge in [0, 0.05) is 19.2 Å². The largest absolute Gasteiger partial charge is 0.487 e. The Morgan fingerprint density at radius 2 is 2.39 bits per heavy atom. The lowest BCUT2D eigenvalue weighted by atomic mass is 10.3. The van der Waals surface area contributed by atoms with Gasteiger partial charge in [-0.25, -0.2) is 9.78 Å². The van der Waals surface area contributed by atoms with E-state index in [1.54, 1.807) is 17.3 Å². The lowest BCUT2D eigenvalue weighted by Gasteiger charge is -2.17. The molecule has 0 aliphatic carbocycles. The summed E-state index contributed by atoms with van der Waals surface area (Å²) >= 11 is 0. The quantitative estimate of drug-likeness (QED) is 0.933. The highest BCUT2D eigenvalue weighted by Crippen LogP contribution is 2.17. The number of carbonyl (C=O) groups excluding carboxylic acids is 1. The first kappa shape index (κ1) is 15.3. The molecule has 0 radical (unpaired) electrons. The van der Waals surface area contributed by atoms with Gasteiger partial charge in [0.15, 0.2) is 0 Å². The maximum Gasteiger partial charge on any atom is 0.317 e. The van der Waals surface area contributed by atoms with E-state index in [-0.39, 0.29) is 18.7 Å². The first-order valence-corrected chi connectivity index (χ1v) is 7.64. The van der Waals surface area contributed by atoms with E-state index in [1.165, 1.54) is 0 Å². The number of rotatable bonds is 4. The molecule has 3 heterocycles. The summed E-state index contributed by atoms with van der Waals surface area (Å²) in [6.07, 6.45) is 4.18. The van der Waals surface area contributed by atoms with Gasteiger partial charge >= 0.3 is 6.03 Å². The smallest absolute Gasteiger partial charge is 0.317 e. The highest BCUT2D eigenvalue weighted by molar-refractivity contribution is 5.74. The van der Waals surface area contributed by atoms with Crippen molar-refractivity contribution in [3.63, 3.8) is 0 Å². The third-order valence-corrected chi connectivity index (χ3v) is 3.83. The Bertz CT molecular complexity index is 652. The summed E-state index contributed by atoms with van der Waals surface area (Å²) in [5.74, 6) is 2.03. The van der Waals surface area contributed by atoms with Gasteiger partial charge in [0.25, 0.3) is 0 Å². The second-order valence-electron chi connectivity index (χ2n) is 5.57. The molecule has 1 atom stereocenters. The Labute approximate surface area is 134 Å². The number of oxazole rings is 1. The topological polar surface area (TPSA) is 80.5 Å². The summed E-state index contributed by atoms with van der Waals surface area (Å²) in [6, 6.07) is 3.56.